The summed E-state index contributed by atoms with van der Waals surface area (Å²) in [5.74, 6) is 0.723. The predicted octanol–water partition coefficient (Wildman–Crippen LogP) is 13.9. The van der Waals surface area contributed by atoms with E-state index in [1.54, 1.807) is 0 Å². The van der Waals surface area contributed by atoms with Crippen molar-refractivity contribution in [1.82, 2.24) is 9.97 Å². The molecule has 1 heterocycles. The van der Waals surface area contributed by atoms with Gasteiger partial charge in [0.2, 0.25) is 0 Å². The van der Waals surface area contributed by atoms with Gasteiger partial charge in [0, 0.05) is 27.5 Å². The molecule has 0 spiro atoms. The number of benzene rings is 8. The van der Waals surface area contributed by atoms with Crippen LogP contribution in [0.25, 0.3) is 78.1 Å². The van der Waals surface area contributed by atoms with Crippen molar-refractivity contribution < 1.29 is 0 Å². The number of aromatic nitrogens is 2. The summed E-state index contributed by atoms with van der Waals surface area (Å²) >= 11 is 0. The van der Waals surface area contributed by atoms with Gasteiger partial charge >= 0.3 is 0 Å². The molecule has 8 aromatic carbocycles. The van der Waals surface area contributed by atoms with Gasteiger partial charge in [-0.2, -0.15) is 0 Å². The van der Waals surface area contributed by atoms with Crippen LogP contribution in [-0.2, 0) is 10.8 Å². The van der Waals surface area contributed by atoms with E-state index < -0.39 is 0 Å². The first-order chi connectivity index (χ1) is 27.9. The third-order valence-corrected chi connectivity index (χ3v) is 12.8. The van der Waals surface area contributed by atoms with E-state index in [1.807, 2.05) is 6.07 Å². The fraction of sp³-hybridized carbons (Fsp3) is 0.0909. The normalized spacial score (nSPS) is 15.8. The van der Waals surface area contributed by atoms with Crippen LogP contribution >= 0.6 is 0 Å². The largest absolute Gasteiger partial charge is 0.228 e. The zero-order valence-electron chi connectivity index (χ0n) is 32.3. The Hall–Kier alpha value is -6.90. The Morgan fingerprint density at radius 2 is 0.877 bits per heavy atom. The van der Waals surface area contributed by atoms with Crippen molar-refractivity contribution in [2.45, 2.75) is 31.6 Å². The van der Waals surface area contributed by atoms with Gasteiger partial charge in [-0.25, -0.2) is 9.97 Å². The van der Waals surface area contributed by atoms with Gasteiger partial charge in [-0.1, -0.05) is 190 Å². The van der Waals surface area contributed by atoms with E-state index >= 15 is 0 Å². The quantitative estimate of drug-likeness (QED) is 0.176. The molecule has 2 nitrogen and oxygen atoms in total. The van der Waals surface area contributed by atoms with E-state index in [9.17, 15) is 0 Å². The van der Waals surface area contributed by atoms with Crippen molar-refractivity contribution in [3.05, 3.63) is 216 Å². The molecule has 0 fully saturated rings. The van der Waals surface area contributed by atoms with Gasteiger partial charge in [-0.05, 0) is 91.0 Å². The fourth-order valence-corrected chi connectivity index (χ4v) is 10.0. The van der Waals surface area contributed by atoms with Gasteiger partial charge in [0.05, 0.1) is 11.4 Å². The molecule has 57 heavy (non-hydrogen) atoms. The average Bonchev–Trinajstić information content (AvgIpc) is 3.67. The number of hydrogen-bond acceptors (Lipinski definition) is 2. The maximum atomic E-state index is 5.33. The second-order valence-corrected chi connectivity index (χ2v) is 16.2. The molecule has 11 rings (SSSR count). The van der Waals surface area contributed by atoms with Crippen LogP contribution in [0.1, 0.15) is 48.6 Å². The van der Waals surface area contributed by atoms with Crippen LogP contribution in [-0.4, -0.2) is 9.97 Å². The lowest BCUT2D eigenvalue weighted by atomic mass is 9.74. The monoisotopic (exact) mass is 728 g/mol. The Kier molecular flexibility index (Phi) is 7.37. The van der Waals surface area contributed by atoms with Crippen LogP contribution in [0.4, 0.5) is 0 Å². The Morgan fingerprint density at radius 3 is 1.63 bits per heavy atom. The van der Waals surface area contributed by atoms with E-state index in [1.165, 1.54) is 72.0 Å². The van der Waals surface area contributed by atoms with E-state index in [0.717, 1.165) is 33.9 Å². The second kappa shape index (κ2) is 12.6. The molecular formula is C55H40N2. The molecule has 2 heteroatoms. The van der Waals surface area contributed by atoms with E-state index in [0.29, 0.717) is 0 Å². The molecule has 0 radical (unpaired) electrons. The molecule has 1 atom stereocenters. The van der Waals surface area contributed by atoms with Crippen LogP contribution < -0.4 is 0 Å². The van der Waals surface area contributed by atoms with E-state index in [-0.39, 0.29) is 10.8 Å². The topological polar surface area (TPSA) is 25.8 Å². The van der Waals surface area contributed by atoms with Gasteiger partial charge < -0.3 is 0 Å². The minimum absolute atomic E-state index is 0.178. The Morgan fingerprint density at radius 1 is 0.351 bits per heavy atom. The minimum atomic E-state index is -0.266. The summed E-state index contributed by atoms with van der Waals surface area (Å²) < 4.78 is 0. The molecular weight excluding hydrogens is 689 g/mol. The molecule has 0 bridgehead atoms. The van der Waals surface area contributed by atoms with Crippen LogP contribution in [0.15, 0.2) is 188 Å². The highest BCUT2D eigenvalue weighted by molar-refractivity contribution is 6.05. The number of fused-ring (bicyclic) bond motifs is 7. The molecule has 0 N–H and O–H groups in total. The molecule has 1 unspecified atom stereocenters. The SMILES string of the molecule is CC1(C)c2ccccc2-c2cccc(-c3cc(-c4ccc(-c5ccc6c(c5)C(C)(c5ccccc5)c5ccccc5-6)c5ccccc45)nc(-c4ccccc4)n3)c21. The Labute approximate surface area is 334 Å². The summed E-state index contributed by atoms with van der Waals surface area (Å²) in [5, 5.41) is 2.37. The summed E-state index contributed by atoms with van der Waals surface area (Å²) in [6.45, 7) is 7.07. The van der Waals surface area contributed by atoms with Crippen LogP contribution in [0, 0.1) is 0 Å². The molecule has 1 aromatic heterocycles. The van der Waals surface area contributed by atoms with E-state index in [2.05, 4.69) is 203 Å². The lowest BCUT2D eigenvalue weighted by molar-refractivity contribution is 0.662. The second-order valence-electron chi connectivity index (χ2n) is 16.2. The molecule has 0 amide bonds. The van der Waals surface area contributed by atoms with Gasteiger partial charge in [-0.15, -0.1) is 0 Å². The van der Waals surface area contributed by atoms with Crippen molar-refractivity contribution in [2.75, 3.05) is 0 Å². The van der Waals surface area contributed by atoms with Crippen molar-refractivity contribution in [3.8, 4) is 67.3 Å². The maximum Gasteiger partial charge on any atom is 0.160 e. The average molecular weight is 729 g/mol. The van der Waals surface area contributed by atoms with Crippen LogP contribution in [0.5, 0.6) is 0 Å². The molecule has 0 saturated heterocycles. The van der Waals surface area contributed by atoms with Gasteiger partial charge in [0.15, 0.2) is 5.82 Å². The molecule has 270 valence electrons. The summed E-state index contributed by atoms with van der Waals surface area (Å²) in [7, 11) is 0. The third kappa shape index (κ3) is 4.97. The molecule has 0 saturated carbocycles. The van der Waals surface area contributed by atoms with Crippen LogP contribution in [0.3, 0.4) is 0 Å². The predicted molar refractivity (Wildman–Crippen MR) is 236 cm³/mol. The van der Waals surface area contributed by atoms with Gasteiger partial charge in [-0.3, -0.25) is 0 Å². The first-order valence-electron chi connectivity index (χ1n) is 19.9. The van der Waals surface area contributed by atoms with Crippen molar-refractivity contribution >= 4 is 10.8 Å². The first-order valence-corrected chi connectivity index (χ1v) is 19.9. The number of hydrogen-bond donors (Lipinski definition) is 0. The third-order valence-electron chi connectivity index (χ3n) is 12.8. The molecule has 2 aliphatic carbocycles. The van der Waals surface area contributed by atoms with Crippen molar-refractivity contribution in [2.24, 2.45) is 0 Å². The number of rotatable bonds is 5. The Balaban J connectivity index is 1.10. The highest BCUT2D eigenvalue weighted by Crippen LogP contribution is 2.54. The highest BCUT2D eigenvalue weighted by atomic mass is 14.9. The lowest BCUT2D eigenvalue weighted by Crippen LogP contribution is -2.22. The zero-order valence-corrected chi connectivity index (χ0v) is 32.3. The zero-order chi connectivity index (χ0) is 38.3. The van der Waals surface area contributed by atoms with Crippen molar-refractivity contribution in [1.29, 1.82) is 0 Å². The van der Waals surface area contributed by atoms with Gasteiger partial charge in [0.1, 0.15) is 0 Å². The number of nitrogens with zero attached hydrogens (tertiary/aromatic N) is 2. The van der Waals surface area contributed by atoms with Gasteiger partial charge in [0.25, 0.3) is 0 Å². The fourth-order valence-electron chi connectivity index (χ4n) is 10.0. The van der Waals surface area contributed by atoms with Crippen LogP contribution in [0.2, 0.25) is 0 Å². The van der Waals surface area contributed by atoms with E-state index in [4.69, 9.17) is 9.97 Å². The summed E-state index contributed by atoms with van der Waals surface area (Å²) in [6.07, 6.45) is 0. The standard InChI is InChI=1S/C55H40N2/c1-54(2)47-27-14-12-24-42(47)45-25-16-26-46(52(45)54)51-34-50(56-53(57-51)35-17-6-4-7-18-35)44-32-31-38(39-21-10-11-22-40(39)44)36-29-30-43-41-23-13-15-28-48(41)55(3,49(43)33-36)37-19-8-5-9-20-37/h4-34H,1-3H3. The highest BCUT2D eigenvalue weighted by Gasteiger charge is 2.41. The molecule has 0 aliphatic heterocycles. The summed E-state index contributed by atoms with van der Waals surface area (Å²) in [5.41, 5.74) is 18.9. The smallest absolute Gasteiger partial charge is 0.160 e. The Bertz CT molecular complexity index is 3050. The summed E-state index contributed by atoms with van der Waals surface area (Å²) in [4.78, 5) is 10.7. The van der Waals surface area contributed by atoms with Crippen molar-refractivity contribution in [3.63, 3.8) is 0 Å². The minimum Gasteiger partial charge on any atom is -0.228 e. The molecule has 2 aliphatic rings. The first kappa shape index (κ1) is 33.4. The lowest BCUT2D eigenvalue weighted by Gasteiger charge is -2.28. The summed E-state index contributed by atoms with van der Waals surface area (Å²) in [6, 6.07) is 68.4. The maximum absolute atomic E-state index is 5.33. The molecule has 9 aromatic rings.